The van der Waals surface area contributed by atoms with E-state index in [0.717, 1.165) is 69.7 Å². The number of aliphatic carboxylic acids is 1. The molecule has 7 nitrogen and oxygen atoms in total. The van der Waals surface area contributed by atoms with Gasteiger partial charge in [-0.25, -0.2) is 4.98 Å². The number of aromatic nitrogens is 1. The molecule has 2 aliphatic heterocycles. The maximum Gasteiger partial charge on any atom is 0.305 e. The summed E-state index contributed by atoms with van der Waals surface area (Å²) in [7, 11) is 0. The average molecular weight is 519 g/mol. The molecular weight excluding hydrogens is 487 g/mol. The lowest BCUT2D eigenvalue weighted by molar-refractivity contribution is -0.138. The highest BCUT2D eigenvalue weighted by Gasteiger charge is 2.28. The highest BCUT2D eigenvalue weighted by Crippen LogP contribution is 2.27. The molecule has 2 aromatic rings. The van der Waals surface area contributed by atoms with E-state index in [4.69, 9.17) is 28.2 Å². The molecule has 1 aromatic carbocycles. The Bertz CT molecular complexity index is 1040. The summed E-state index contributed by atoms with van der Waals surface area (Å²) in [5.74, 6) is -0.275. The maximum absolute atomic E-state index is 13.1. The number of aryl methyl sites for hydroxylation is 2. The van der Waals surface area contributed by atoms with Crippen LogP contribution in [0.15, 0.2) is 30.3 Å². The Morgan fingerprint density at radius 1 is 1.20 bits per heavy atom. The fourth-order valence-electron chi connectivity index (χ4n) is 4.96. The number of piperidine rings is 1. The third kappa shape index (κ3) is 7.32. The quantitative estimate of drug-likeness (QED) is 0.444. The summed E-state index contributed by atoms with van der Waals surface area (Å²) in [6, 6.07) is 8.52. The van der Waals surface area contributed by atoms with Gasteiger partial charge >= 0.3 is 5.97 Å². The molecule has 2 atom stereocenters. The Labute approximate surface area is 216 Å². The van der Waals surface area contributed by atoms with Crippen LogP contribution in [0.25, 0.3) is 0 Å². The van der Waals surface area contributed by atoms with Gasteiger partial charge in [-0.2, -0.15) is 0 Å². The Kier molecular flexibility index (Phi) is 8.87. The molecule has 0 aliphatic carbocycles. The van der Waals surface area contributed by atoms with E-state index < -0.39 is 12.0 Å². The van der Waals surface area contributed by atoms with E-state index in [2.05, 4.69) is 27.7 Å². The van der Waals surface area contributed by atoms with Gasteiger partial charge in [0.15, 0.2) is 0 Å². The lowest BCUT2D eigenvalue weighted by atomic mass is 9.95. The van der Waals surface area contributed by atoms with Crippen molar-refractivity contribution in [2.45, 2.75) is 51.0 Å². The minimum Gasteiger partial charge on any atom is -0.481 e. The first kappa shape index (κ1) is 25.7. The molecule has 3 N–H and O–H groups in total. The Hall–Kier alpha value is -2.35. The van der Waals surface area contributed by atoms with Crippen LogP contribution in [0.5, 0.6) is 0 Å². The molecule has 2 aliphatic rings. The van der Waals surface area contributed by atoms with Crippen molar-refractivity contribution in [3.05, 3.63) is 57.2 Å². The summed E-state index contributed by atoms with van der Waals surface area (Å²) in [6.07, 6.45) is 5.61. The number of hydrogen-bond acceptors (Lipinski definition) is 5. The predicted octanol–water partition coefficient (Wildman–Crippen LogP) is 4.72. The number of fused-ring (bicyclic) bond motifs is 1. The minimum absolute atomic E-state index is 0.125. The zero-order valence-electron chi connectivity index (χ0n) is 19.7. The van der Waals surface area contributed by atoms with E-state index in [1.54, 1.807) is 18.2 Å². The standard InChI is InChI=1S/C26H32Cl2N4O3/c27-20-12-19(13-21(28)14-20)23(15-24(33)34)31-26(35)18-5-2-10-32(16-18)11-3-6-22-8-7-17-4-1-9-29-25(17)30-22/h7-8,12-14,18,23H,1-6,9-11,15-16H2,(H,29,30)(H,31,35)(H,33,34)/t18-,23?/m1/s1. The van der Waals surface area contributed by atoms with Gasteiger partial charge in [-0.05, 0) is 87.0 Å². The smallest absolute Gasteiger partial charge is 0.305 e. The van der Waals surface area contributed by atoms with E-state index >= 15 is 0 Å². The molecule has 1 amide bonds. The highest BCUT2D eigenvalue weighted by atomic mass is 35.5. The van der Waals surface area contributed by atoms with Gasteiger partial charge in [0.05, 0.1) is 18.4 Å². The van der Waals surface area contributed by atoms with Gasteiger partial charge in [-0.1, -0.05) is 29.3 Å². The van der Waals surface area contributed by atoms with E-state index in [0.29, 0.717) is 22.2 Å². The van der Waals surface area contributed by atoms with Crippen molar-refractivity contribution < 1.29 is 14.7 Å². The van der Waals surface area contributed by atoms with Crippen LogP contribution in [-0.4, -0.2) is 53.0 Å². The molecule has 1 aromatic heterocycles. The number of rotatable bonds is 9. The van der Waals surface area contributed by atoms with Crippen LogP contribution in [0.1, 0.15) is 55.0 Å². The van der Waals surface area contributed by atoms with Crippen molar-refractivity contribution in [2.24, 2.45) is 5.92 Å². The monoisotopic (exact) mass is 518 g/mol. The predicted molar refractivity (Wildman–Crippen MR) is 138 cm³/mol. The van der Waals surface area contributed by atoms with E-state index in [9.17, 15) is 14.7 Å². The molecular formula is C26H32Cl2N4O3. The van der Waals surface area contributed by atoms with Gasteiger partial charge in [0, 0.05) is 28.8 Å². The molecule has 188 valence electrons. The lowest BCUT2D eigenvalue weighted by Crippen LogP contribution is -2.44. The van der Waals surface area contributed by atoms with E-state index in [1.165, 1.54) is 5.56 Å². The van der Waals surface area contributed by atoms with Crippen molar-refractivity contribution in [1.82, 2.24) is 15.2 Å². The number of anilines is 1. The topological polar surface area (TPSA) is 94.6 Å². The van der Waals surface area contributed by atoms with E-state index in [1.807, 2.05) is 0 Å². The number of carbonyl (C=O) groups excluding carboxylic acids is 1. The van der Waals surface area contributed by atoms with Crippen LogP contribution in [0.4, 0.5) is 5.82 Å². The van der Waals surface area contributed by atoms with Gasteiger partial charge in [-0.3, -0.25) is 9.59 Å². The number of hydrogen-bond donors (Lipinski definition) is 3. The zero-order chi connectivity index (χ0) is 24.8. The molecule has 1 fully saturated rings. The van der Waals surface area contributed by atoms with Crippen LogP contribution in [0.3, 0.4) is 0 Å². The van der Waals surface area contributed by atoms with Crippen molar-refractivity contribution >= 4 is 40.9 Å². The van der Waals surface area contributed by atoms with Gasteiger partial charge in [0.2, 0.25) is 5.91 Å². The summed E-state index contributed by atoms with van der Waals surface area (Å²) < 4.78 is 0. The summed E-state index contributed by atoms with van der Waals surface area (Å²) in [5.41, 5.74) is 2.99. The lowest BCUT2D eigenvalue weighted by Gasteiger charge is -2.33. The molecule has 3 heterocycles. The third-order valence-corrected chi connectivity index (χ3v) is 7.15. The third-order valence-electron chi connectivity index (χ3n) is 6.72. The van der Waals surface area contributed by atoms with Gasteiger partial charge in [0.1, 0.15) is 5.82 Å². The number of halogens is 2. The van der Waals surface area contributed by atoms with Crippen LogP contribution in [0.2, 0.25) is 10.0 Å². The second-order valence-corrected chi connectivity index (χ2v) is 10.3. The first-order valence-corrected chi connectivity index (χ1v) is 13.1. The fourth-order valence-corrected chi connectivity index (χ4v) is 5.50. The Morgan fingerprint density at radius 2 is 2.00 bits per heavy atom. The number of nitrogens with one attached hydrogen (secondary N) is 2. The Morgan fingerprint density at radius 3 is 2.77 bits per heavy atom. The van der Waals surface area contributed by atoms with Crippen molar-refractivity contribution in [3.8, 4) is 0 Å². The number of nitrogens with zero attached hydrogens (tertiary/aromatic N) is 2. The number of amides is 1. The minimum atomic E-state index is -0.998. The molecule has 9 heteroatoms. The van der Waals surface area contributed by atoms with Crippen LogP contribution in [0, 0.1) is 5.92 Å². The van der Waals surface area contributed by atoms with Crippen LogP contribution >= 0.6 is 23.2 Å². The largest absolute Gasteiger partial charge is 0.481 e. The molecule has 4 rings (SSSR count). The summed E-state index contributed by atoms with van der Waals surface area (Å²) in [4.78, 5) is 31.6. The number of pyridine rings is 1. The number of carboxylic acids is 1. The number of benzene rings is 1. The SMILES string of the molecule is O=C(O)CC(NC(=O)[C@@H]1CCCN(CCCc2ccc3c(n2)NCCC3)C1)c1cc(Cl)cc(Cl)c1. The second-order valence-electron chi connectivity index (χ2n) is 9.45. The van der Waals surface area contributed by atoms with Crippen LogP contribution in [-0.2, 0) is 22.4 Å². The van der Waals surface area contributed by atoms with Crippen molar-refractivity contribution in [1.29, 1.82) is 0 Å². The Balaban J connectivity index is 1.30. The molecule has 35 heavy (non-hydrogen) atoms. The average Bonchev–Trinajstić information content (AvgIpc) is 2.83. The number of likely N-dealkylation sites (tertiary alicyclic amines) is 1. The van der Waals surface area contributed by atoms with Gasteiger partial charge in [0.25, 0.3) is 0 Å². The molecule has 0 bridgehead atoms. The van der Waals surface area contributed by atoms with Crippen LogP contribution < -0.4 is 10.6 Å². The summed E-state index contributed by atoms with van der Waals surface area (Å²) >= 11 is 12.2. The molecule has 0 saturated carbocycles. The highest BCUT2D eigenvalue weighted by molar-refractivity contribution is 6.34. The second kappa shape index (κ2) is 12.1. The first-order valence-electron chi connectivity index (χ1n) is 12.3. The van der Waals surface area contributed by atoms with Gasteiger partial charge in [-0.15, -0.1) is 0 Å². The number of carboxylic acid groups (broad SMARTS) is 1. The number of carbonyl (C=O) groups is 2. The first-order chi connectivity index (χ1) is 16.9. The fraction of sp³-hybridized carbons (Fsp3) is 0.500. The summed E-state index contributed by atoms with van der Waals surface area (Å²) in [6.45, 7) is 3.52. The normalized spacial score (nSPS) is 18.9. The molecule has 1 saturated heterocycles. The molecule has 0 spiro atoms. The van der Waals surface area contributed by atoms with Crippen molar-refractivity contribution in [3.63, 3.8) is 0 Å². The maximum atomic E-state index is 13.1. The van der Waals surface area contributed by atoms with Crippen molar-refractivity contribution in [2.75, 3.05) is 31.5 Å². The van der Waals surface area contributed by atoms with E-state index in [-0.39, 0.29) is 18.2 Å². The molecule has 1 unspecified atom stereocenters. The molecule has 0 radical (unpaired) electrons. The zero-order valence-corrected chi connectivity index (χ0v) is 21.2. The summed E-state index contributed by atoms with van der Waals surface area (Å²) in [5, 5.41) is 16.5. The van der Waals surface area contributed by atoms with Gasteiger partial charge < -0.3 is 20.6 Å².